The summed E-state index contributed by atoms with van der Waals surface area (Å²) in [7, 11) is -4.22. The summed E-state index contributed by atoms with van der Waals surface area (Å²) in [5.74, 6) is 0. The van der Waals surface area contributed by atoms with E-state index < -0.39 is 25.4 Å². The monoisotopic (exact) mass is 348 g/mol. The van der Waals surface area contributed by atoms with Crippen molar-refractivity contribution in [2.75, 3.05) is 0 Å². The number of hydrogen-bond donors (Lipinski definition) is 0. The normalized spacial score (nSPS) is 17.9. The highest BCUT2D eigenvalue weighted by Crippen LogP contribution is 2.29. The van der Waals surface area contributed by atoms with E-state index >= 15 is 0 Å². The fraction of sp³-hybridized carbons (Fsp3) is 1.00. The second-order valence-electron chi connectivity index (χ2n) is 8.15. The highest BCUT2D eigenvalue weighted by atomic mass is 28.4. The Morgan fingerprint density at radius 1 is 1.10 bits per heavy atom. The predicted molar refractivity (Wildman–Crippen MR) is 104 cm³/mol. The number of hydrogen-bond acceptors (Lipinski definition) is 2. The average Bonchev–Trinajstić information content (AvgIpc) is 2.35. The molecule has 5 heteroatoms. The van der Waals surface area contributed by atoms with Crippen molar-refractivity contribution in [2.45, 2.75) is 103 Å². The van der Waals surface area contributed by atoms with Crippen molar-refractivity contribution in [3.05, 3.63) is 0 Å². The maximum atomic E-state index is 6.75. The van der Waals surface area contributed by atoms with E-state index in [1.807, 2.05) is 0 Å². The van der Waals surface area contributed by atoms with E-state index in [4.69, 9.17) is 8.85 Å². The summed E-state index contributed by atoms with van der Waals surface area (Å²) < 4.78 is 13.3. The van der Waals surface area contributed by atoms with Crippen molar-refractivity contribution in [1.29, 1.82) is 0 Å². The van der Waals surface area contributed by atoms with Gasteiger partial charge < -0.3 is 8.85 Å². The van der Waals surface area contributed by atoms with Crippen LogP contribution in [0.1, 0.15) is 47.0 Å². The molecule has 0 aliphatic carbocycles. The minimum atomic E-state index is -1.83. The Hall–Kier alpha value is 0.571. The van der Waals surface area contributed by atoms with Gasteiger partial charge in [-0.05, 0) is 52.5 Å². The second-order valence-corrected chi connectivity index (χ2v) is 20.2. The van der Waals surface area contributed by atoms with Crippen molar-refractivity contribution in [3.8, 4) is 0 Å². The lowest BCUT2D eigenvalue weighted by atomic mass is 10.3. The molecule has 0 aromatic heterocycles. The lowest BCUT2D eigenvalue weighted by Crippen LogP contribution is -2.57. The van der Waals surface area contributed by atoms with Crippen LogP contribution >= 0.6 is 0 Å². The van der Waals surface area contributed by atoms with Gasteiger partial charge in [0.1, 0.15) is 0 Å². The maximum absolute atomic E-state index is 6.75. The summed E-state index contributed by atoms with van der Waals surface area (Å²) in [6, 6.07) is 1.27. The van der Waals surface area contributed by atoms with E-state index in [2.05, 4.69) is 67.0 Å². The van der Waals surface area contributed by atoms with Gasteiger partial charge in [-0.3, -0.25) is 0 Å². The van der Waals surface area contributed by atoms with E-state index in [9.17, 15) is 0 Å². The third-order valence-electron chi connectivity index (χ3n) is 5.03. The molecule has 0 N–H and O–H groups in total. The number of rotatable bonds is 10. The van der Waals surface area contributed by atoms with Gasteiger partial charge in [0.2, 0.25) is 8.32 Å². The van der Waals surface area contributed by atoms with Crippen molar-refractivity contribution in [2.24, 2.45) is 0 Å². The molecule has 0 radical (unpaired) electrons. The topological polar surface area (TPSA) is 18.5 Å². The molecular formula is C16H40O2Si3. The molecule has 0 bridgehead atoms. The smallest absolute Gasteiger partial charge is 0.213 e. The fourth-order valence-corrected chi connectivity index (χ4v) is 11.1. The van der Waals surface area contributed by atoms with Gasteiger partial charge in [-0.1, -0.05) is 39.8 Å². The van der Waals surface area contributed by atoms with Crippen LogP contribution in [0, 0.1) is 0 Å². The highest BCUT2D eigenvalue weighted by Gasteiger charge is 2.42. The van der Waals surface area contributed by atoms with Crippen LogP contribution in [0.25, 0.3) is 0 Å². The standard InChI is InChI=1S/C16H40O2Si3/c1-11-13-14-20(7,8)17-15(3)21(9,10)18-16(4,12-2)19(5)6/h15,19H,11-14H2,1-10H3/t15?,16-/m0/s1. The molecule has 128 valence electrons. The zero-order chi connectivity index (χ0) is 16.9. The molecule has 0 spiro atoms. The molecule has 0 saturated carbocycles. The van der Waals surface area contributed by atoms with Gasteiger partial charge in [0, 0.05) is 5.22 Å². The SMILES string of the molecule is CCCC[Si](C)(C)OC(C)[Si](C)(C)O[C@](C)(CC)[SiH](C)C. The molecule has 2 atom stereocenters. The summed E-state index contributed by atoms with van der Waals surface area (Å²) in [5.41, 5.74) is 0.287. The molecule has 21 heavy (non-hydrogen) atoms. The quantitative estimate of drug-likeness (QED) is 0.495. The Balaban J connectivity index is 4.83. The van der Waals surface area contributed by atoms with Crippen LogP contribution in [0.15, 0.2) is 0 Å². The third kappa shape index (κ3) is 7.12. The maximum Gasteiger partial charge on any atom is 0.213 e. The van der Waals surface area contributed by atoms with E-state index in [0.29, 0.717) is 0 Å². The Morgan fingerprint density at radius 2 is 1.62 bits per heavy atom. The summed E-state index contributed by atoms with van der Waals surface area (Å²) in [6.07, 6.45) is 3.68. The average molecular weight is 349 g/mol. The van der Waals surface area contributed by atoms with Gasteiger partial charge in [0.15, 0.2) is 8.32 Å². The van der Waals surface area contributed by atoms with Crippen LogP contribution in [0.2, 0.25) is 45.3 Å². The van der Waals surface area contributed by atoms with Crippen LogP contribution in [0.3, 0.4) is 0 Å². The molecule has 0 rings (SSSR count). The van der Waals surface area contributed by atoms with E-state index in [1.165, 1.54) is 18.9 Å². The van der Waals surface area contributed by atoms with Gasteiger partial charge in [0.25, 0.3) is 0 Å². The molecule has 0 aliphatic rings. The van der Waals surface area contributed by atoms with Crippen molar-refractivity contribution >= 4 is 25.4 Å². The zero-order valence-corrected chi connectivity index (χ0v) is 19.5. The molecule has 0 fully saturated rings. The minimum absolute atomic E-state index is 0.114. The molecule has 0 amide bonds. The molecule has 0 aliphatic heterocycles. The van der Waals surface area contributed by atoms with Gasteiger partial charge in [-0.15, -0.1) is 0 Å². The van der Waals surface area contributed by atoms with Crippen LogP contribution in [-0.2, 0) is 8.85 Å². The molecule has 1 unspecified atom stereocenters. The lowest BCUT2D eigenvalue weighted by Gasteiger charge is -2.44. The Labute approximate surface area is 137 Å². The van der Waals surface area contributed by atoms with Crippen molar-refractivity contribution in [1.82, 2.24) is 0 Å². The first-order valence-electron chi connectivity index (χ1n) is 8.78. The molecule has 0 saturated heterocycles. The first-order chi connectivity index (χ1) is 9.40. The lowest BCUT2D eigenvalue weighted by molar-refractivity contribution is 0.127. The molecule has 2 nitrogen and oxygen atoms in total. The van der Waals surface area contributed by atoms with Crippen LogP contribution in [0.4, 0.5) is 0 Å². The largest absolute Gasteiger partial charge is 0.415 e. The first-order valence-corrected chi connectivity index (χ1v) is 17.8. The summed E-state index contributed by atoms with van der Waals surface area (Å²) in [5, 5.41) is 0.114. The van der Waals surface area contributed by atoms with Crippen LogP contribution in [-0.4, -0.2) is 36.4 Å². The van der Waals surface area contributed by atoms with E-state index in [-0.39, 0.29) is 11.0 Å². The van der Waals surface area contributed by atoms with Crippen molar-refractivity contribution in [3.63, 3.8) is 0 Å². The summed E-state index contributed by atoms with van der Waals surface area (Å²) in [4.78, 5) is 0. The van der Waals surface area contributed by atoms with Gasteiger partial charge >= 0.3 is 0 Å². The minimum Gasteiger partial charge on any atom is -0.415 e. The van der Waals surface area contributed by atoms with E-state index in [0.717, 1.165) is 6.42 Å². The Bertz CT molecular complexity index is 306. The third-order valence-corrected chi connectivity index (χ3v) is 14.1. The van der Waals surface area contributed by atoms with Crippen LogP contribution < -0.4 is 0 Å². The van der Waals surface area contributed by atoms with Gasteiger partial charge in [0.05, 0.1) is 14.5 Å². The second kappa shape index (κ2) is 8.43. The highest BCUT2D eigenvalue weighted by molar-refractivity contribution is 6.76. The molecule has 0 heterocycles. The summed E-state index contributed by atoms with van der Waals surface area (Å²) in [6.45, 7) is 23.3. The van der Waals surface area contributed by atoms with Gasteiger partial charge in [-0.25, -0.2) is 0 Å². The van der Waals surface area contributed by atoms with Crippen molar-refractivity contribution < 1.29 is 8.85 Å². The zero-order valence-electron chi connectivity index (χ0n) is 16.3. The molecular weight excluding hydrogens is 308 g/mol. The predicted octanol–water partition coefficient (Wildman–Crippen LogP) is 5.35. The summed E-state index contributed by atoms with van der Waals surface area (Å²) >= 11 is 0. The van der Waals surface area contributed by atoms with E-state index in [1.54, 1.807) is 0 Å². The Morgan fingerprint density at radius 3 is 2.00 bits per heavy atom. The fourth-order valence-electron chi connectivity index (χ4n) is 2.56. The van der Waals surface area contributed by atoms with Gasteiger partial charge in [-0.2, -0.15) is 0 Å². The molecule has 0 aromatic rings. The molecule has 0 aromatic carbocycles. The number of unbranched alkanes of at least 4 members (excludes halogenated alkanes) is 1. The Kier molecular flexibility index (Phi) is 8.66. The first kappa shape index (κ1) is 21.6. The van der Waals surface area contributed by atoms with Crippen LogP contribution in [0.5, 0.6) is 0 Å².